The fourth-order valence-corrected chi connectivity index (χ4v) is 3.58. The molecule has 1 aromatic carbocycles. The van der Waals surface area contributed by atoms with Crippen molar-refractivity contribution in [2.75, 3.05) is 6.54 Å². The van der Waals surface area contributed by atoms with Crippen molar-refractivity contribution >= 4 is 50.7 Å². The maximum Gasteiger partial charge on any atom is 0.266 e. The van der Waals surface area contributed by atoms with Crippen LogP contribution in [0, 0.1) is 6.92 Å². The minimum Gasteiger partial charge on any atom is -0.287 e. The van der Waals surface area contributed by atoms with Gasteiger partial charge in [-0.1, -0.05) is 34.1 Å². The van der Waals surface area contributed by atoms with Gasteiger partial charge in [-0.25, -0.2) is 9.98 Å². The van der Waals surface area contributed by atoms with Gasteiger partial charge in [0.1, 0.15) is 0 Å². The minimum atomic E-state index is -0.0168. The Morgan fingerprint density at radius 1 is 1.25 bits per heavy atom. The number of amides is 1. The summed E-state index contributed by atoms with van der Waals surface area (Å²) in [5, 5.41) is 0.670. The van der Waals surface area contributed by atoms with Crippen molar-refractivity contribution in [3.63, 3.8) is 0 Å². The molecule has 0 N–H and O–H groups in total. The molecule has 0 atom stereocenters. The molecule has 0 radical (unpaired) electrons. The van der Waals surface area contributed by atoms with Crippen LogP contribution in [0.1, 0.15) is 18.2 Å². The third-order valence-electron chi connectivity index (χ3n) is 3.46. The number of aliphatic imine (C=N–C) groups is 1. The fourth-order valence-electron chi connectivity index (χ4n) is 2.27. The molecule has 1 aromatic heterocycles. The molecule has 2 aromatic rings. The van der Waals surface area contributed by atoms with E-state index in [1.807, 2.05) is 62.4 Å². The number of likely N-dealkylation sites (N-methyl/N-ethyl adjacent to an activating group) is 1. The van der Waals surface area contributed by atoms with Crippen LogP contribution in [0.25, 0.3) is 6.08 Å². The third kappa shape index (κ3) is 3.76. The van der Waals surface area contributed by atoms with E-state index in [9.17, 15) is 4.79 Å². The smallest absolute Gasteiger partial charge is 0.266 e. The van der Waals surface area contributed by atoms with Crippen LogP contribution in [0.4, 0.5) is 5.82 Å². The van der Waals surface area contributed by atoms with Crippen LogP contribution in [0.2, 0.25) is 0 Å². The Labute approximate surface area is 153 Å². The molecule has 1 aliphatic heterocycles. The topological polar surface area (TPSA) is 45.6 Å². The lowest BCUT2D eigenvalue weighted by Crippen LogP contribution is -2.28. The molecule has 1 aliphatic rings. The van der Waals surface area contributed by atoms with Gasteiger partial charge in [0.15, 0.2) is 11.0 Å². The van der Waals surface area contributed by atoms with Gasteiger partial charge in [-0.05, 0) is 61.5 Å². The standard InChI is InChI=1S/C18H16BrN3OS/c1-3-22-17(23)15(11-13-7-9-14(19)10-8-13)24-18(22)21-16-6-4-5-12(2)20-16/h4-11H,3H2,1-2H3/b15-11-,21-18+. The number of hydrogen-bond donors (Lipinski definition) is 0. The summed E-state index contributed by atoms with van der Waals surface area (Å²) < 4.78 is 1.01. The summed E-state index contributed by atoms with van der Waals surface area (Å²) in [5.74, 6) is 0.602. The second kappa shape index (κ2) is 7.32. The quantitative estimate of drug-likeness (QED) is 0.695. The second-order valence-corrected chi connectivity index (χ2v) is 7.17. The van der Waals surface area contributed by atoms with Crippen LogP contribution >= 0.6 is 27.7 Å². The SMILES string of the molecule is CCN1C(=O)/C(=C/c2ccc(Br)cc2)S/C1=N/c1cccc(C)n1. The summed E-state index contributed by atoms with van der Waals surface area (Å²) in [5.41, 5.74) is 1.89. The molecule has 6 heteroatoms. The summed E-state index contributed by atoms with van der Waals surface area (Å²) >= 11 is 4.80. The maximum atomic E-state index is 12.6. The van der Waals surface area contributed by atoms with Crippen molar-refractivity contribution in [3.05, 3.63) is 63.1 Å². The molecule has 1 fully saturated rings. The number of aryl methyl sites for hydroxylation is 1. The molecule has 0 saturated carbocycles. The average molecular weight is 402 g/mol. The highest BCUT2D eigenvalue weighted by molar-refractivity contribution is 9.10. The number of nitrogens with zero attached hydrogens (tertiary/aromatic N) is 3. The largest absolute Gasteiger partial charge is 0.287 e. The molecule has 1 saturated heterocycles. The lowest BCUT2D eigenvalue weighted by atomic mass is 10.2. The number of carbonyl (C=O) groups excluding carboxylic acids is 1. The number of amidine groups is 1. The van der Waals surface area contributed by atoms with Crippen molar-refractivity contribution < 1.29 is 4.79 Å². The lowest BCUT2D eigenvalue weighted by Gasteiger charge is -2.11. The molecule has 122 valence electrons. The average Bonchev–Trinajstić information content (AvgIpc) is 2.84. The van der Waals surface area contributed by atoms with Crippen molar-refractivity contribution in [1.82, 2.24) is 9.88 Å². The molecular weight excluding hydrogens is 386 g/mol. The Bertz CT molecular complexity index is 830. The summed E-state index contributed by atoms with van der Waals surface area (Å²) in [7, 11) is 0. The number of thioether (sulfide) groups is 1. The van der Waals surface area contributed by atoms with E-state index >= 15 is 0 Å². The minimum absolute atomic E-state index is 0.0168. The van der Waals surface area contributed by atoms with E-state index < -0.39 is 0 Å². The summed E-state index contributed by atoms with van der Waals surface area (Å²) in [6, 6.07) is 13.5. The van der Waals surface area contributed by atoms with Gasteiger partial charge in [0, 0.05) is 16.7 Å². The molecule has 0 unspecified atom stereocenters. The predicted octanol–water partition coefficient (Wildman–Crippen LogP) is 4.78. The number of halogens is 1. The van der Waals surface area contributed by atoms with Crippen molar-refractivity contribution in [3.8, 4) is 0 Å². The van der Waals surface area contributed by atoms with Crippen molar-refractivity contribution in [2.24, 2.45) is 4.99 Å². The Hall–Kier alpha value is -1.92. The lowest BCUT2D eigenvalue weighted by molar-refractivity contribution is -0.122. The summed E-state index contributed by atoms with van der Waals surface area (Å²) in [6.07, 6.45) is 1.90. The van der Waals surface area contributed by atoms with Crippen LogP contribution in [0.3, 0.4) is 0 Å². The molecule has 3 rings (SSSR count). The highest BCUT2D eigenvalue weighted by Gasteiger charge is 2.32. The van der Waals surface area contributed by atoms with Crippen LogP contribution < -0.4 is 0 Å². The number of aromatic nitrogens is 1. The van der Waals surface area contributed by atoms with E-state index in [-0.39, 0.29) is 5.91 Å². The number of pyridine rings is 1. The van der Waals surface area contributed by atoms with Gasteiger partial charge in [0.25, 0.3) is 5.91 Å². The predicted molar refractivity (Wildman–Crippen MR) is 103 cm³/mol. The summed E-state index contributed by atoms with van der Waals surface area (Å²) in [6.45, 7) is 4.45. The van der Waals surface area contributed by atoms with E-state index in [0.717, 1.165) is 15.7 Å². The van der Waals surface area contributed by atoms with Gasteiger partial charge >= 0.3 is 0 Å². The Balaban J connectivity index is 1.92. The van der Waals surface area contributed by atoms with Gasteiger partial charge in [0.05, 0.1) is 4.91 Å². The second-order valence-electron chi connectivity index (χ2n) is 5.24. The molecule has 0 spiro atoms. The van der Waals surface area contributed by atoms with Crippen LogP contribution in [0.5, 0.6) is 0 Å². The Morgan fingerprint density at radius 3 is 2.67 bits per heavy atom. The van der Waals surface area contributed by atoms with E-state index in [0.29, 0.717) is 22.4 Å². The van der Waals surface area contributed by atoms with E-state index in [1.165, 1.54) is 11.8 Å². The van der Waals surface area contributed by atoms with Crippen molar-refractivity contribution in [2.45, 2.75) is 13.8 Å². The van der Waals surface area contributed by atoms with Crippen LogP contribution in [-0.2, 0) is 4.79 Å². The first kappa shape index (κ1) is 16.9. The highest BCUT2D eigenvalue weighted by Crippen LogP contribution is 2.33. The van der Waals surface area contributed by atoms with Crippen molar-refractivity contribution in [1.29, 1.82) is 0 Å². The molecule has 0 aliphatic carbocycles. The zero-order chi connectivity index (χ0) is 17.1. The van der Waals surface area contributed by atoms with Crippen LogP contribution in [-0.4, -0.2) is 27.5 Å². The van der Waals surface area contributed by atoms with Gasteiger partial charge in [0.2, 0.25) is 0 Å². The molecular formula is C18H16BrN3OS. The van der Waals surface area contributed by atoms with Gasteiger partial charge in [-0.2, -0.15) is 0 Å². The zero-order valence-corrected chi connectivity index (χ0v) is 15.8. The van der Waals surface area contributed by atoms with Gasteiger partial charge in [-0.3, -0.25) is 9.69 Å². The first-order valence-electron chi connectivity index (χ1n) is 7.56. The number of carbonyl (C=O) groups is 1. The van der Waals surface area contributed by atoms with Gasteiger partial charge in [-0.15, -0.1) is 0 Å². The van der Waals surface area contributed by atoms with E-state index in [4.69, 9.17) is 0 Å². The molecule has 4 nitrogen and oxygen atoms in total. The first-order valence-corrected chi connectivity index (χ1v) is 9.17. The number of hydrogen-bond acceptors (Lipinski definition) is 4. The van der Waals surface area contributed by atoms with E-state index in [2.05, 4.69) is 25.9 Å². The third-order valence-corrected chi connectivity index (χ3v) is 4.99. The monoisotopic (exact) mass is 401 g/mol. The van der Waals surface area contributed by atoms with Crippen LogP contribution in [0.15, 0.2) is 56.8 Å². The Morgan fingerprint density at radius 2 is 2.00 bits per heavy atom. The highest BCUT2D eigenvalue weighted by atomic mass is 79.9. The summed E-state index contributed by atoms with van der Waals surface area (Å²) in [4.78, 5) is 23.9. The Kier molecular flexibility index (Phi) is 5.16. The number of rotatable bonds is 3. The van der Waals surface area contributed by atoms with Gasteiger partial charge < -0.3 is 0 Å². The normalized spacial score (nSPS) is 18.0. The maximum absolute atomic E-state index is 12.6. The molecule has 0 bridgehead atoms. The zero-order valence-electron chi connectivity index (χ0n) is 13.4. The molecule has 1 amide bonds. The first-order chi connectivity index (χ1) is 11.6. The van der Waals surface area contributed by atoms with E-state index in [1.54, 1.807) is 4.90 Å². The molecule has 24 heavy (non-hydrogen) atoms. The number of benzene rings is 1. The fraction of sp³-hybridized carbons (Fsp3) is 0.167. The molecule has 2 heterocycles.